The number of carbonyl (C=O) groups excluding carboxylic acids is 1. The fraction of sp³-hybridized carbons (Fsp3) is 0.500. The first kappa shape index (κ1) is 10.8. The van der Waals surface area contributed by atoms with E-state index >= 15 is 0 Å². The van der Waals surface area contributed by atoms with Crippen molar-refractivity contribution in [2.45, 2.75) is 39.3 Å². The van der Waals surface area contributed by atoms with Gasteiger partial charge in [-0.1, -0.05) is 24.6 Å². The van der Waals surface area contributed by atoms with Gasteiger partial charge >= 0.3 is 0 Å². The zero-order valence-corrected chi connectivity index (χ0v) is 10.5. The number of anilines is 1. The summed E-state index contributed by atoms with van der Waals surface area (Å²) < 4.78 is 0. The molecule has 90 valence electrons. The first-order valence-corrected chi connectivity index (χ1v) is 6.24. The summed E-state index contributed by atoms with van der Waals surface area (Å²) in [6.07, 6.45) is 1.18. The smallest absolute Gasteiger partial charge is 0.246 e. The average Bonchev–Trinajstić information content (AvgIpc) is 2.85. The van der Waals surface area contributed by atoms with E-state index in [1.807, 2.05) is 6.92 Å². The summed E-state index contributed by atoms with van der Waals surface area (Å²) in [4.78, 5) is 12.0. The zero-order chi connectivity index (χ0) is 12.2. The fourth-order valence-electron chi connectivity index (χ4n) is 2.67. The maximum atomic E-state index is 12.0. The lowest BCUT2D eigenvalue weighted by atomic mass is 10.0. The second-order valence-corrected chi connectivity index (χ2v) is 5.45. The van der Waals surface area contributed by atoms with Gasteiger partial charge in [0.1, 0.15) is 6.04 Å². The van der Waals surface area contributed by atoms with Gasteiger partial charge < -0.3 is 5.32 Å². The minimum absolute atomic E-state index is 0.0906. The van der Waals surface area contributed by atoms with E-state index in [0.717, 1.165) is 16.8 Å². The van der Waals surface area contributed by atoms with Crippen molar-refractivity contribution in [3.63, 3.8) is 0 Å². The standard InChI is InChI=1S/C14H18N2O/c1-7-4-9(3)12-10(5-7)13(14(17)16-12)15-11-6-8(11)2/h4-5,8,11,13,15H,6H2,1-3H3,(H,16,17). The molecule has 2 N–H and O–H groups in total. The second kappa shape index (κ2) is 3.57. The number of aryl methyl sites for hydroxylation is 2. The lowest BCUT2D eigenvalue weighted by Gasteiger charge is -2.12. The summed E-state index contributed by atoms with van der Waals surface area (Å²) in [6.45, 7) is 6.34. The Bertz CT molecular complexity index is 495. The Morgan fingerprint density at radius 2 is 2.06 bits per heavy atom. The Morgan fingerprint density at radius 1 is 1.35 bits per heavy atom. The van der Waals surface area contributed by atoms with Crippen molar-refractivity contribution in [1.29, 1.82) is 0 Å². The molecule has 1 aliphatic heterocycles. The van der Waals surface area contributed by atoms with E-state index in [0.29, 0.717) is 12.0 Å². The molecule has 0 saturated heterocycles. The third-order valence-corrected chi connectivity index (χ3v) is 3.82. The second-order valence-electron chi connectivity index (χ2n) is 5.45. The van der Waals surface area contributed by atoms with Gasteiger partial charge in [0.2, 0.25) is 5.91 Å². The highest BCUT2D eigenvalue weighted by molar-refractivity contribution is 6.03. The molecule has 2 aliphatic rings. The van der Waals surface area contributed by atoms with Crippen molar-refractivity contribution in [3.05, 3.63) is 28.8 Å². The predicted octanol–water partition coefficient (Wildman–Crippen LogP) is 2.29. The van der Waals surface area contributed by atoms with Gasteiger partial charge in [-0.15, -0.1) is 0 Å². The van der Waals surface area contributed by atoms with Crippen LogP contribution in [0.2, 0.25) is 0 Å². The molecule has 0 bridgehead atoms. The van der Waals surface area contributed by atoms with Gasteiger partial charge in [0.05, 0.1) is 0 Å². The molecule has 3 heteroatoms. The van der Waals surface area contributed by atoms with Gasteiger partial charge in [-0.05, 0) is 31.7 Å². The maximum Gasteiger partial charge on any atom is 0.246 e. The Balaban J connectivity index is 1.94. The quantitative estimate of drug-likeness (QED) is 0.818. The van der Waals surface area contributed by atoms with E-state index in [1.165, 1.54) is 12.0 Å². The third kappa shape index (κ3) is 1.75. The molecule has 1 aromatic carbocycles. The number of nitrogens with one attached hydrogen (secondary N) is 2. The Labute approximate surface area is 102 Å². The molecular formula is C14H18N2O. The molecule has 3 nitrogen and oxygen atoms in total. The number of fused-ring (bicyclic) bond motifs is 1. The molecule has 3 rings (SSSR count). The maximum absolute atomic E-state index is 12.0. The summed E-state index contributed by atoms with van der Waals surface area (Å²) in [5, 5.41) is 6.44. The average molecular weight is 230 g/mol. The Kier molecular flexibility index (Phi) is 2.26. The van der Waals surface area contributed by atoms with Gasteiger partial charge in [-0.3, -0.25) is 10.1 Å². The van der Waals surface area contributed by atoms with Gasteiger partial charge in [0.25, 0.3) is 0 Å². The van der Waals surface area contributed by atoms with Crippen LogP contribution in [0.1, 0.15) is 36.1 Å². The molecule has 1 aromatic rings. The van der Waals surface area contributed by atoms with Crippen LogP contribution in [0.25, 0.3) is 0 Å². The predicted molar refractivity (Wildman–Crippen MR) is 68.0 cm³/mol. The largest absolute Gasteiger partial charge is 0.324 e. The topological polar surface area (TPSA) is 41.1 Å². The lowest BCUT2D eigenvalue weighted by Crippen LogP contribution is -2.29. The molecule has 1 amide bonds. The molecule has 3 atom stereocenters. The van der Waals surface area contributed by atoms with E-state index < -0.39 is 0 Å². The van der Waals surface area contributed by atoms with Gasteiger partial charge in [-0.25, -0.2) is 0 Å². The molecule has 0 aromatic heterocycles. The molecule has 1 saturated carbocycles. The monoisotopic (exact) mass is 230 g/mol. The number of hydrogen-bond donors (Lipinski definition) is 2. The van der Waals surface area contributed by atoms with Crippen molar-refractivity contribution in [3.8, 4) is 0 Å². The van der Waals surface area contributed by atoms with Crippen LogP contribution in [-0.2, 0) is 4.79 Å². The molecule has 1 fully saturated rings. The van der Waals surface area contributed by atoms with Crippen LogP contribution in [0.3, 0.4) is 0 Å². The number of rotatable bonds is 2. The van der Waals surface area contributed by atoms with Crippen molar-refractivity contribution >= 4 is 11.6 Å². The lowest BCUT2D eigenvalue weighted by molar-refractivity contribution is -0.117. The fourth-order valence-corrected chi connectivity index (χ4v) is 2.67. The van der Waals surface area contributed by atoms with Crippen LogP contribution >= 0.6 is 0 Å². The highest BCUT2D eigenvalue weighted by atomic mass is 16.2. The van der Waals surface area contributed by atoms with E-state index in [2.05, 4.69) is 36.6 Å². The molecule has 1 aliphatic carbocycles. The van der Waals surface area contributed by atoms with Crippen LogP contribution in [-0.4, -0.2) is 11.9 Å². The summed E-state index contributed by atoms with van der Waals surface area (Å²) in [6, 6.07) is 4.59. The zero-order valence-electron chi connectivity index (χ0n) is 10.5. The summed E-state index contributed by atoms with van der Waals surface area (Å²) >= 11 is 0. The van der Waals surface area contributed by atoms with E-state index in [1.54, 1.807) is 0 Å². The third-order valence-electron chi connectivity index (χ3n) is 3.82. The van der Waals surface area contributed by atoms with Crippen LogP contribution in [0, 0.1) is 19.8 Å². The van der Waals surface area contributed by atoms with Crippen molar-refractivity contribution < 1.29 is 4.79 Å². The SMILES string of the molecule is Cc1cc(C)c2c(c1)C(NC1CC1C)C(=O)N2. The first-order valence-electron chi connectivity index (χ1n) is 6.24. The number of hydrogen-bond acceptors (Lipinski definition) is 2. The van der Waals surface area contributed by atoms with E-state index in [4.69, 9.17) is 0 Å². The number of amides is 1. The minimum atomic E-state index is -0.154. The van der Waals surface area contributed by atoms with Crippen molar-refractivity contribution in [2.24, 2.45) is 5.92 Å². The van der Waals surface area contributed by atoms with E-state index in [-0.39, 0.29) is 11.9 Å². The molecule has 1 heterocycles. The first-order chi connectivity index (χ1) is 8.06. The normalized spacial score (nSPS) is 30.1. The Hall–Kier alpha value is -1.35. The summed E-state index contributed by atoms with van der Waals surface area (Å²) in [5.41, 5.74) is 4.49. The minimum Gasteiger partial charge on any atom is -0.324 e. The van der Waals surface area contributed by atoms with Crippen LogP contribution < -0.4 is 10.6 Å². The van der Waals surface area contributed by atoms with Crippen LogP contribution in [0.15, 0.2) is 12.1 Å². The van der Waals surface area contributed by atoms with Gasteiger partial charge in [0, 0.05) is 17.3 Å². The van der Waals surface area contributed by atoms with Gasteiger partial charge in [0.15, 0.2) is 0 Å². The Morgan fingerprint density at radius 3 is 2.71 bits per heavy atom. The molecule has 3 unspecified atom stereocenters. The number of benzene rings is 1. The van der Waals surface area contributed by atoms with Crippen LogP contribution in [0.5, 0.6) is 0 Å². The van der Waals surface area contributed by atoms with Crippen molar-refractivity contribution in [2.75, 3.05) is 5.32 Å². The van der Waals surface area contributed by atoms with Gasteiger partial charge in [-0.2, -0.15) is 0 Å². The molecular weight excluding hydrogens is 212 g/mol. The van der Waals surface area contributed by atoms with Crippen LogP contribution in [0.4, 0.5) is 5.69 Å². The summed E-state index contributed by atoms with van der Waals surface area (Å²) in [7, 11) is 0. The summed E-state index contributed by atoms with van der Waals surface area (Å²) in [5.74, 6) is 0.797. The highest BCUT2D eigenvalue weighted by Gasteiger charge is 2.39. The highest BCUT2D eigenvalue weighted by Crippen LogP contribution is 2.38. The number of carbonyl (C=O) groups is 1. The van der Waals surface area contributed by atoms with Crippen molar-refractivity contribution in [1.82, 2.24) is 5.32 Å². The molecule has 17 heavy (non-hydrogen) atoms. The molecule has 0 radical (unpaired) electrons. The van der Waals surface area contributed by atoms with E-state index in [9.17, 15) is 4.79 Å². The molecule has 0 spiro atoms.